The predicted octanol–water partition coefficient (Wildman–Crippen LogP) is 1.21. The molecule has 0 bridgehead atoms. The fourth-order valence-corrected chi connectivity index (χ4v) is 2.35. The van der Waals surface area contributed by atoms with Gasteiger partial charge < -0.3 is 17.2 Å². The first-order valence-corrected chi connectivity index (χ1v) is 5.67. The molecule has 0 saturated carbocycles. The van der Waals surface area contributed by atoms with Crippen LogP contribution in [-0.2, 0) is 0 Å². The number of nitrogen functional groups attached to an aromatic ring is 3. The highest BCUT2D eigenvalue weighted by molar-refractivity contribution is 6.30. The van der Waals surface area contributed by atoms with E-state index < -0.39 is 0 Å². The van der Waals surface area contributed by atoms with E-state index in [0.717, 1.165) is 0 Å². The molecule has 0 fully saturated rings. The Labute approximate surface area is 109 Å². The maximum Gasteiger partial charge on any atom is 0.196 e. The molecule has 0 aromatic heterocycles. The molecular formula is C14H11N3O2. The van der Waals surface area contributed by atoms with Crippen LogP contribution in [0.2, 0.25) is 0 Å². The predicted molar refractivity (Wildman–Crippen MR) is 73.0 cm³/mol. The van der Waals surface area contributed by atoms with Gasteiger partial charge in [-0.3, -0.25) is 9.59 Å². The van der Waals surface area contributed by atoms with Crippen LogP contribution in [0.15, 0.2) is 30.3 Å². The lowest BCUT2D eigenvalue weighted by Gasteiger charge is -2.19. The zero-order valence-electron chi connectivity index (χ0n) is 9.94. The van der Waals surface area contributed by atoms with Crippen molar-refractivity contribution in [3.63, 3.8) is 0 Å². The van der Waals surface area contributed by atoms with Crippen molar-refractivity contribution in [2.45, 2.75) is 0 Å². The van der Waals surface area contributed by atoms with E-state index in [9.17, 15) is 9.59 Å². The van der Waals surface area contributed by atoms with Crippen LogP contribution in [-0.4, -0.2) is 11.6 Å². The number of benzene rings is 2. The Morgan fingerprint density at radius 2 is 1.37 bits per heavy atom. The lowest BCUT2D eigenvalue weighted by atomic mass is 9.83. The molecule has 2 aromatic carbocycles. The van der Waals surface area contributed by atoms with Crippen molar-refractivity contribution >= 4 is 28.6 Å². The number of ketones is 2. The topological polar surface area (TPSA) is 112 Å². The van der Waals surface area contributed by atoms with Crippen LogP contribution in [0.3, 0.4) is 0 Å². The monoisotopic (exact) mass is 253 g/mol. The van der Waals surface area contributed by atoms with Gasteiger partial charge in [-0.25, -0.2) is 0 Å². The van der Waals surface area contributed by atoms with Crippen molar-refractivity contribution in [1.29, 1.82) is 0 Å². The van der Waals surface area contributed by atoms with Crippen molar-refractivity contribution < 1.29 is 9.59 Å². The third-order valence-electron chi connectivity index (χ3n) is 3.20. The van der Waals surface area contributed by atoms with Gasteiger partial charge in [-0.1, -0.05) is 0 Å². The van der Waals surface area contributed by atoms with E-state index in [1.54, 1.807) is 12.1 Å². The van der Waals surface area contributed by atoms with Crippen molar-refractivity contribution in [2.75, 3.05) is 17.2 Å². The first-order chi connectivity index (χ1) is 8.99. The number of hydrogen-bond acceptors (Lipinski definition) is 5. The average Bonchev–Trinajstić information content (AvgIpc) is 2.35. The van der Waals surface area contributed by atoms with E-state index in [1.165, 1.54) is 18.2 Å². The second-order valence-electron chi connectivity index (χ2n) is 4.50. The molecule has 5 nitrogen and oxygen atoms in total. The number of anilines is 3. The minimum Gasteiger partial charge on any atom is -0.399 e. The molecule has 0 radical (unpaired) electrons. The molecule has 0 spiro atoms. The molecule has 0 aliphatic heterocycles. The fourth-order valence-electron chi connectivity index (χ4n) is 2.35. The van der Waals surface area contributed by atoms with Gasteiger partial charge in [0, 0.05) is 33.8 Å². The number of hydrogen-bond donors (Lipinski definition) is 3. The summed E-state index contributed by atoms with van der Waals surface area (Å²) in [6.45, 7) is 0. The summed E-state index contributed by atoms with van der Waals surface area (Å²) in [6, 6.07) is 7.58. The van der Waals surface area contributed by atoms with Gasteiger partial charge in [0.25, 0.3) is 0 Å². The molecule has 0 unspecified atom stereocenters. The molecule has 0 amide bonds. The fraction of sp³-hybridized carbons (Fsp3) is 0. The van der Waals surface area contributed by atoms with Gasteiger partial charge in [-0.05, 0) is 30.3 Å². The zero-order chi connectivity index (χ0) is 13.7. The smallest absolute Gasteiger partial charge is 0.196 e. The Morgan fingerprint density at radius 1 is 0.684 bits per heavy atom. The SMILES string of the molecule is Nc1ccc2c(c1)C(=O)c1c(N)cc(N)cc1C2=O. The minimum atomic E-state index is -0.297. The van der Waals surface area contributed by atoms with E-state index in [0.29, 0.717) is 16.9 Å². The largest absolute Gasteiger partial charge is 0.399 e. The number of rotatable bonds is 0. The summed E-state index contributed by atoms with van der Waals surface area (Å²) >= 11 is 0. The van der Waals surface area contributed by atoms with Crippen LogP contribution in [0.25, 0.3) is 0 Å². The van der Waals surface area contributed by atoms with E-state index in [-0.39, 0.29) is 33.9 Å². The van der Waals surface area contributed by atoms with Gasteiger partial charge in [-0.15, -0.1) is 0 Å². The standard InChI is InChI=1S/C14H11N3O2/c15-6-1-2-8-9(3-6)14(19)12-10(13(8)18)4-7(16)5-11(12)17/h1-5H,15-17H2. The van der Waals surface area contributed by atoms with E-state index in [2.05, 4.69) is 0 Å². The van der Waals surface area contributed by atoms with E-state index in [1.807, 2.05) is 0 Å². The quantitative estimate of drug-likeness (QED) is 0.521. The summed E-state index contributed by atoms with van der Waals surface area (Å²) in [5.41, 5.74) is 19.2. The maximum atomic E-state index is 12.4. The molecule has 0 saturated heterocycles. The zero-order valence-corrected chi connectivity index (χ0v) is 9.94. The van der Waals surface area contributed by atoms with Crippen LogP contribution < -0.4 is 17.2 Å². The lowest BCUT2D eigenvalue weighted by Crippen LogP contribution is -2.22. The Morgan fingerprint density at radius 3 is 2.11 bits per heavy atom. The highest BCUT2D eigenvalue weighted by atomic mass is 16.1. The summed E-state index contributed by atoms with van der Waals surface area (Å²) in [4.78, 5) is 24.8. The van der Waals surface area contributed by atoms with Crippen LogP contribution in [0, 0.1) is 0 Å². The number of carbonyl (C=O) groups excluding carboxylic acids is 2. The van der Waals surface area contributed by atoms with Crippen LogP contribution in [0.5, 0.6) is 0 Å². The molecule has 94 valence electrons. The third kappa shape index (κ3) is 1.48. The number of carbonyl (C=O) groups is 2. The number of nitrogens with two attached hydrogens (primary N) is 3. The molecule has 1 aliphatic carbocycles. The first-order valence-electron chi connectivity index (χ1n) is 5.67. The van der Waals surface area contributed by atoms with Gasteiger partial charge in [-0.2, -0.15) is 0 Å². The van der Waals surface area contributed by atoms with Gasteiger partial charge in [0.2, 0.25) is 0 Å². The molecule has 1 aliphatic rings. The van der Waals surface area contributed by atoms with Crippen LogP contribution >= 0.6 is 0 Å². The Kier molecular flexibility index (Phi) is 2.13. The second kappa shape index (κ2) is 3.58. The van der Waals surface area contributed by atoms with Gasteiger partial charge in [0.05, 0.1) is 5.56 Å². The van der Waals surface area contributed by atoms with Gasteiger partial charge in [0.1, 0.15) is 0 Å². The third-order valence-corrected chi connectivity index (χ3v) is 3.20. The lowest BCUT2D eigenvalue weighted by molar-refractivity contribution is 0.0980. The molecule has 2 aromatic rings. The molecular weight excluding hydrogens is 242 g/mol. The molecule has 6 N–H and O–H groups in total. The summed E-state index contributed by atoms with van der Waals surface area (Å²) < 4.78 is 0. The van der Waals surface area contributed by atoms with Crippen molar-refractivity contribution in [1.82, 2.24) is 0 Å². The Bertz CT molecular complexity index is 751. The van der Waals surface area contributed by atoms with Crippen LogP contribution in [0.4, 0.5) is 17.1 Å². The molecule has 19 heavy (non-hydrogen) atoms. The molecule has 0 atom stereocenters. The summed E-state index contributed by atoms with van der Waals surface area (Å²) in [5, 5.41) is 0. The minimum absolute atomic E-state index is 0.206. The molecule has 0 heterocycles. The summed E-state index contributed by atoms with van der Waals surface area (Å²) in [7, 11) is 0. The summed E-state index contributed by atoms with van der Waals surface area (Å²) in [6.07, 6.45) is 0. The maximum absolute atomic E-state index is 12.4. The first kappa shape index (κ1) is 11.3. The van der Waals surface area contributed by atoms with Gasteiger partial charge >= 0.3 is 0 Å². The Balaban J connectivity index is 2.36. The summed E-state index contributed by atoms with van der Waals surface area (Å²) in [5.74, 6) is -0.557. The highest BCUT2D eigenvalue weighted by Gasteiger charge is 2.31. The number of fused-ring (bicyclic) bond motifs is 2. The van der Waals surface area contributed by atoms with Crippen molar-refractivity contribution in [2.24, 2.45) is 0 Å². The molecule has 3 rings (SSSR count). The van der Waals surface area contributed by atoms with Crippen molar-refractivity contribution in [3.8, 4) is 0 Å². The van der Waals surface area contributed by atoms with Crippen LogP contribution in [0.1, 0.15) is 31.8 Å². The van der Waals surface area contributed by atoms with E-state index in [4.69, 9.17) is 17.2 Å². The normalized spacial score (nSPS) is 13.1. The second-order valence-corrected chi connectivity index (χ2v) is 4.50. The van der Waals surface area contributed by atoms with E-state index >= 15 is 0 Å². The van der Waals surface area contributed by atoms with Crippen molar-refractivity contribution in [3.05, 3.63) is 52.6 Å². The average molecular weight is 253 g/mol. The van der Waals surface area contributed by atoms with Gasteiger partial charge in [0.15, 0.2) is 11.6 Å². The Hall–Kier alpha value is -2.82. The highest BCUT2D eigenvalue weighted by Crippen LogP contribution is 2.33. The molecule has 5 heteroatoms.